The lowest BCUT2D eigenvalue weighted by atomic mass is 9.61. The summed E-state index contributed by atoms with van der Waals surface area (Å²) in [6, 6.07) is 8.32. The van der Waals surface area contributed by atoms with Crippen molar-refractivity contribution in [1.82, 2.24) is 33.6 Å². The molecule has 7 rings (SSSR count). The summed E-state index contributed by atoms with van der Waals surface area (Å²) in [5.74, 6) is 2.96. The summed E-state index contributed by atoms with van der Waals surface area (Å²) in [5.41, 5.74) is 2.15. The van der Waals surface area contributed by atoms with Crippen molar-refractivity contribution in [2.24, 2.45) is 12.5 Å². The lowest BCUT2D eigenvalue weighted by Crippen LogP contribution is -2.51. The van der Waals surface area contributed by atoms with Crippen molar-refractivity contribution in [2.75, 3.05) is 0 Å². The molecule has 12 heteroatoms. The molecule has 0 aliphatic heterocycles. The van der Waals surface area contributed by atoms with E-state index in [4.69, 9.17) is 0 Å². The highest BCUT2D eigenvalue weighted by atomic mass is 32.2. The summed E-state index contributed by atoms with van der Waals surface area (Å²) in [7, 11) is -1.32. The molecule has 0 spiro atoms. The minimum atomic E-state index is -3.04. The molecular weight excluding hydrogens is 560 g/mol. The van der Waals surface area contributed by atoms with E-state index >= 15 is 0 Å². The maximum atomic E-state index is 14.4. The van der Waals surface area contributed by atoms with Crippen LogP contribution < -0.4 is 0 Å². The van der Waals surface area contributed by atoms with Crippen LogP contribution in [-0.4, -0.2) is 61.6 Å². The van der Waals surface area contributed by atoms with E-state index in [1.165, 1.54) is 41.5 Å². The Labute approximate surface area is 242 Å². The second-order valence-electron chi connectivity index (χ2n) is 11.4. The van der Waals surface area contributed by atoms with E-state index in [1.54, 1.807) is 25.5 Å². The average molecular weight is 590 g/mol. The predicted octanol–water partition coefficient (Wildman–Crippen LogP) is 4.19. The van der Waals surface area contributed by atoms with Gasteiger partial charge in [-0.05, 0) is 74.4 Å². The zero-order valence-electron chi connectivity index (χ0n) is 23.0. The van der Waals surface area contributed by atoms with Crippen LogP contribution in [0.1, 0.15) is 54.0 Å². The normalized spacial score (nSPS) is 23.1. The maximum Gasteiger partial charge on any atom is 0.244 e. The second-order valence-corrected chi connectivity index (χ2v) is 13.4. The first-order chi connectivity index (χ1) is 20.2. The van der Waals surface area contributed by atoms with Crippen molar-refractivity contribution in [3.05, 3.63) is 89.5 Å². The number of carbonyl (C=O) groups excluding carboxylic acids is 1. The Balaban J connectivity index is 1.32. The summed E-state index contributed by atoms with van der Waals surface area (Å²) in [6.45, 7) is 0. The predicted molar refractivity (Wildman–Crippen MR) is 153 cm³/mol. The van der Waals surface area contributed by atoms with E-state index in [2.05, 4.69) is 25.9 Å². The molecule has 3 aliphatic rings. The van der Waals surface area contributed by atoms with E-state index < -0.39 is 20.9 Å². The highest BCUT2D eigenvalue weighted by Gasteiger charge is 2.53. The number of carbonyl (C=O) groups is 1. The van der Waals surface area contributed by atoms with Gasteiger partial charge in [0.25, 0.3) is 0 Å². The van der Waals surface area contributed by atoms with Crippen LogP contribution in [0, 0.1) is 17.0 Å². The van der Waals surface area contributed by atoms with E-state index in [9.17, 15) is 17.8 Å². The van der Waals surface area contributed by atoms with Gasteiger partial charge in [0.15, 0.2) is 5.78 Å². The van der Waals surface area contributed by atoms with E-state index in [0.717, 1.165) is 29.8 Å². The largest absolute Gasteiger partial charge is 0.299 e. The first kappa shape index (κ1) is 26.8. The van der Waals surface area contributed by atoms with Crippen molar-refractivity contribution in [1.29, 1.82) is 0 Å². The Bertz CT molecular complexity index is 1840. The second kappa shape index (κ2) is 9.77. The first-order valence-corrected chi connectivity index (χ1v) is 15.5. The average Bonchev–Trinajstić information content (AvgIpc) is 3.55. The molecule has 0 saturated heterocycles. The van der Waals surface area contributed by atoms with Gasteiger partial charge in [0.05, 0.1) is 32.8 Å². The van der Waals surface area contributed by atoms with Crippen LogP contribution in [0.2, 0.25) is 0 Å². The zero-order chi connectivity index (χ0) is 29.2. The lowest BCUT2D eigenvalue weighted by Gasteiger charge is -2.47. The Morgan fingerprint density at radius 3 is 2.52 bits per heavy atom. The van der Waals surface area contributed by atoms with Crippen molar-refractivity contribution in [2.45, 2.75) is 55.8 Å². The fraction of sp³-hybridized carbons (Fsp3) is 0.333. The quantitative estimate of drug-likeness (QED) is 0.237. The summed E-state index contributed by atoms with van der Waals surface area (Å²) in [6.07, 6.45) is 10.0. The van der Waals surface area contributed by atoms with Crippen LogP contribution in [0.25, 0.3) is 11.8 Å². The topological polar surface area (TPSA) is 98.8 Å². The van der Waals surface area contributed by atoms with Gasteiger partial charge in [-0.25, -0.2) is 27.3 Å². The molecule has 3 aromatic heterocycles. The Hall–Kier alpha value is -4.03. The minimum Gasteiger partial charge on any atom is -0.299 e. The molecule has 0 amide bonds. The molecule has 42 heavy (non-hydrogen) atoms. The van der Waals surface area contributed by atoms with Crippen molar-refractivity contribution < 1.29 is 17.8 Å². The van der Waals surface area contributed by atoms with Gasteiger partial charge in [-0.15, -0.1) is 5.10 Å². The Morgan fingerprint density at radius 1 is 1.05 bits per heavy atom. The number of nitrogens with zero attached hydrogens (tertiary/aromatic N) is 7. The molecule has 0 N–H and O–H groups in total. The zero-order valence-corrected chi connectivity index (χ0v) is 23.8. The van der Waals surface area contributed by atoms with Gasteiger partial charge in [0.1, 0.15) is 23.7 Å². The van der Waals surface area contributed by atoms with Gasteiger partial charge < -0.3 is 0 Å². The van der Waals surface area contributed by atoms with Crippen LogP contribution in [-0.2, 0) is 23.2 Å². The number of Topliss-reactive ketones (excluding diaryl/α,β-unsaturated/α-hetero) is 1. The fourth-order valence-corrected chi connectivity index (χ4v) is 8.52. The molecule has 4 aromatic rings. The van der Waals surface area contributed by atoms with Crippen LogP contribution in [0.4, 0.5) is 8.78 Å². The third-order valence-electron chi connectivity index (χ3n) is 8.58. The number of imidazole rings is 1. The number of allylic oxidation sites excluding steroid dienone is 1. The number of fused-ring (bicyclic) bond motifs is 2. The van der Waals surface area contributed by atoms with Gasteiger partial charge in [0, 0.05) is 43.5 Å². The summed E-state index contributed by atoms with van der Waals surface area (Å²) in [4.78, 5) is 27.6. The van der Waals surface area contributed by atoms with Crippen molar-refractivity contribution >= 4 is 27.4 Å². The molecule has 3 aliphatic carbocycles. The molecule has 216 valence electrons. The summed E-state index contributed by atoms with van der Waals surface area (Å²) in [5, 5.41) is 4.50. The smallest absolute Gasteiger partial charge is 0.244 e. The monoisotopic (exact) mass is 589 g/mol. The highest BCUT2D eigenvalue weighted by Crippen LogP contribution is 2.52. The maximum absolute atomic E-state index is 14.4. The first-order valence-electron chi connectivity index (χ1n) is 13.9. The summed E-state index contributed by atoms with van der Waals surface area (Å²) >= 11 is 0. The number of aromatic nitrogens is 6. The molecule has 3 atom stereocenters. The molecule has 2 fully saturated rings. The van der Waals surface area contributed by atoms with Crippen LogP contribution in [0.5, 0.6) is 0 Å². The molecular formula is C30H29F2N7O2S. The SMILES string of the molecule is C=S(=O)(c1ncn(C)n1)N(C1CC1)[C@H]1CCC2=Cc3c(ncn3-c3ccc(F)cc3)C[C@]2(C(=O)c2cc(F)ccn2)C1. The van der Waals surface area contributed by atoms with Gasteiger partial charge in [-0.1, -0.05) is 5.57 Å². The fourth-order valence-electron chi connectivity index (χ4n) is 6.51. The Kier molecular flexibility index (Phi) is 6.24. The number of aryl methyl sites for hydroxylation is 1. The third kappa shape index (κ3) is 4.40. The molecule has 2 saturated carbocycles. The number of hydrogen-bond donors (Lipinski definition) is 0. The number of ketones is 1. The molecule has 9 nitrogen and oxygen atoms in total. The number of pyridine rings is 1. The molecule has 1 aromatic carbocycles. The minimum absolute atomic E-state index is 0.0442. The number of rotatable bonds is 7. The van der Waals surface area contributed by atoms with Crippen LogP contribution in [0.15, 0.2) is 66.0 Å². The highest BCUT2D eigenvalue weighted by molar-refractivity contribution is 7.98. The Morgan fingerprint density at radius 2 is 1.83 bits per heavy atom. The van der Waals surface area contributed by atoms with E-state index in [1.807, 2.05) is 14.9 Å². The van der Waals surface area contributed by atoms with Crippen LogP contribution in [0.3, 0.4) is 0 Å². The van der Waals surface area contributed by atoms with Crippen molar-refractivity contribution in [3.8, 4) is 5.69 Å². The third-order valence-corrected chi connectivity index (χ3v) is 10.6. The number of halogens is 2. The van der Waals surface area contributed by atoms with Crippen LogP contribution >= 0.6 is 0 Å². The molecule has 3 heterocycles. The standard InChI is InChI=1S/C30H29F2N7O2S/c1-37-17-35-29(36-37)42(2,41)39(23-9-10-23)24-6-3-19-13-27-26(34-18-38(27)22-7-4-20(31)5-8-22)16-30(19,15-24)28(40)25-14-21(32)11-12-33-25/h4-5,7-8,11-14,17-18,23-24H,2-3,6,9-10,15-16H2,1H3/t24-,30+,42?/m0/s1. The summed E-state index contributed by atoms with van der Waals surface area (Å²) < 4.78 is 47.6. The van der Waals surface area contributed by atoms with Gasteiger partial charge in [-0.3, -0.25) is 19.0 Å². The van der Waals surface area contributed by atoms with Gasteiger partial charge in [0.2, 0.25) is 5.16 Å². The van der Waals surface area contributed by atoms with Gasteiger partial charge in [-0.2, -0.15) is 0 Å². The number of benzene rings is 1. The van der Waals surface area contributed by atoms with Crippen molar-refractivity contribution in [3.63, 3.8) is 0 Å². The molecule has 0 radical (unpaired) electrons. The number of hydrogen-bond acceptors (Lipinski definition) is 6. The van der Waals surface area contributed by atoms with Gasteiger partial charge >= 0.3 is 0 Å². The molecule has 1 unspecified atom stereocenters. The van der Waals surface area contributed by atoms with E-state index in [0.29, 0.717) is 25.0 Å². The van der Waals surface area contributed by atoms with E-state index in [-0.39, 0.29) is 41.0 Å². The molecule has 0 bridgehead atoms. The lowest BCUT2D eigenvalue weighted by molar-refractivity contribution is 0.0734.